The Labute approximate surface area is 109 Å². The van der Waals surface area contributed by atoms with E-state index in [-0.39, 0.29) is 17.6 Å². The monoisotopic (exact) mass is 259 g/mol. The third-order valence-electron chi connectivity index (χ3n) is 3.30. The zero-order valence-electron chi connectivity index (χ0n) is 10.3. The minimum absolute atomic E-state index is 0.0613. The van der Waals surface area contributed by atoms with Crippen molar-refractivity contribution in [2.75, 3.05) is 12.4 Å². The number of phenolic OH excluding ortho intramolecular Hbond substituents is 1. The fourth-order valence-corrected chi connectivity index (χ4v) is 2.35. The maximum atomic E-state index is 11.7. The zero-order valence-corrected chi connectivity index (χ0v) is 10.3. The number of rotatable bonds is 2. The molecule has 0 aliphatic carbocycles. The highest BCUT2D eigenvalue weighted by Crippen LogP contribution is 2.38. The van der Waals surface area contributed by atoms with E-state index < -0.39 is 0 Å². The first kappa shape index (κ1) is 11.6. The molecule has 1 aromatic heterocycles. The lowest BCUT2D eigenvalue weighted by atomic mass is 9.87. The van der Waals surface area contributed by atoms with Crippen LogP contribution in [0.25, 0.3) is 0 Å². The molecule has 0 fully saturated rings. The van der Waals surface area contributed by atoms with E-state index in [9.17, 15) is 9.90 Å². The molecule has 2 heterocycles. The number of anilines is 1. The van der Waals surface area contributed by atoms with Gasteiger partial charge in [0.25, 0.3) is 0 Å². The molecule has 3 rings (SSSR count). The third-order valence-corrected chi connectivity index (χ3v) is 3.30. The number of phenols is 1. The Bertz CT molecular complexity index is 636. The van der Waals surface area contributed by atoms with Gasteiger partial charge in [-0.1, -0.05) is 6.07 Å². The minimum Gasteiger partial charge on any atom is -0.504 e. The topological polar surface area (TPSA) is 87.2 Å². The number of aromatic nitrogens is 2. The number of aromatic amines is 1. The van der Waals surface area contributed by atoms with Crippen LogP contribution in [0, 0.1) is 0 Å². The smallest absolute Gasteiger partial charge is 0.226 e. The van der Waals surface area contributed by atoms with Crippen LogP contribution in [-0.2, 0) is 4.79 Å². The summed E-state index contributed by atoms with van der Waals surface area (Å²) in [6.07, 6.45) is 2.05. The molecule has 1 amide bonds. The molecule has 0 saturated carbocycles. The molecule has 1 aliphatic heterocycles. The minimum atomic E-state index is -0.0861. The molecule has 6 heteroatoms. The van der Waals surface area contributed by atoms with Gasteiger partial charge >= 0.3 is 0 Å². The lowest BCUT2D eigenvalue weighted by Gasteiger charge is -2.22. The van der Waals surface area contributed by atoms with E-state index in [0.717, 1.165) is 11.1 Å². The summed E-state index contributed by atoms with van der Waals surface area (Å²) < 4.78 is 5.10. The van der Waals surface area contributed by atoms with Crippen LogP contribution in [-0.4, -0.2) is 28.3 Å². The summed E-state index contributed by atoms with van der Waals surface area (Å²) in [5.41, 5.74) is 1.85. The Hall–Kier alpha value is -2.50. The average Bonchev–Trinajstić information content (AvgIpc) is 2.86. The van der Waals surface area contributed by atoms with E-state index in [1.165, 1.54) is 7.11 Å². The standard InChI is InChI=1S/C13H13N3O3/c1-19-11-4-7(2-3-10(11)17)8-5-12(18)15-13-9(8)6-14-16-13/h2-4,6,8,17H,5H2,1H3,(H2,14,15,16,18)/t8-/m0/s1. The van der Waals surface area contributed by atoms with E-state index in [1.807, 2.05) is 0 Å². The summed E-state index contributed by atoms with van der Waals surface area (Å²) in [4.78, 5) is 11.7. The number of hydrogen-bond acceptors (Lipinski definition) is 4. The molecule has 0 spiro atoms. The molecule has 1 aromatic carbocycles. The van der Waals surface area contributed by atoms with Gasteiger partial charge < -0.3 is 15.2 Å². The number of nitrogens with one attached hydrogen (secondary N) is 2. The fourth-order valence-electron chi connectivity index (χ4n) is 2.35. The van der Waals surface area contributed by atoms with Gasteiger partial charge in [-0.15, -0.1) is 0 Å². The Morgan fingerprint density at radius 1 is 1.47 bits per heavy atom. The second-order valence-electron chi connectivity index (χ2n) is 4.44. The summed E-state index contributed by atoms with van der Waals surface area (Å²) in [5.74, 6) is 0.964. The number of methoxy groups -OCH3 is 1. The van der Waals surface area contributed by atoms with Crippen molar-refractivity contribution in [3.05, 3.63) is 35.5 Å². The Morgan fingerprint density at radius 2 is 2.32 bits per heavy atom. The van der Waals surface area contributed by atoms with Crippen molar-refractivity contribution < 1.29 is 14.6 Å². The van der Waals surface area contributed by atoms with Crippen molar-refractivity contribution in [3.8, 4) is 11.5 Å². The molecule has 0 unspecified atom stereocenters. The quantitative estimate of drug-likeness (QED) is 0.764. The van der Waals surface area contributed by atoms with Crippen LogP contribution >= 0.6 is 0 Å². The SMILES string of the molecule is COc1cc([C@@H]2CC(=O)Nc3[nH]ncc32)ccc1O. The van der Waals surface area contributed by atoms with E-state index in [0.29, 0.717) is 18.0 Å². The lowest BCUT2D eigenvalue weighted by Crippen LogP contribution is -2.22. The number of hydrogen-bond donors (Lipinski definition) is 3. The number of carbonyl (C=O) groups is 1. The van der Waals surface area contributed by atoms with Crippen LogP contribution in [0.2, 0.25) is 0 Å². The second kappa shape index (κ2) is 4.31. The van der Waals surface area contributed by atoms with Gasteiger partial charge in [-0.05, 0) is 17.7 Å². The number of carbonyl (C=O) groups excluding carboxylic acids is 1. The fraction of sp³-hybridized carbons (Fsp3) is 0.231. The van der Waals surface area contributed by atoms with Crippen molar-refractivity contribution in [3.63, 3.8) is 0 Å². The number of ether oxygens (including phenoxy) is 1. The first-order chi connectivity index (χ1) is 9.19. The van der Waals surface area contributed by atoms with Crippen molar-refractivity contribution in [1.29, 1.82) is 0 Å². The molecular formula is C13H13N3O3. The first-order valence-corrected chi connectivity index (χ1v) is 5.89. The second-order valence-corrected chi connectivity index (χ2v) is 4.44. The summed E-state index contributed by atoms with van der Waals surface area (Å²) in [7, 11) is 1.50. The normalized spacial score (nSPS) is 17.7. The highest BCUT2D eigenvalue weighted by molar-refractivity contribution is 5.94. The number of fused-ring (bicyclic) bond motifs is 1. The van der Waals surface area contributed by atoms with Crippen molar-refractivity contribution in [2.45, 2.75) is 12.3 Å². The molecule has 0 saturated heterocycles. The summed E-state index contributed by atoms with van der Waals surface area (Å²) in [6, 6.07) is 5.10. The predicted molar refractivity (Wildman–Crippen MR) is 68.3 cm³/mol. The summed E-state index contributed by atoms with van der Waals surface area (Å²) >= 11 is 0. The van der Waals surface area contributed by atoms with Gasteiger partial charge in [-0.25, -0.2) is 0 Å². The van der Waals surface area contributed by atoms with Crippen LogP contribution in [0.15, 0.2) is 24.4 Å². The van der Waals surface area contributed by atoms with Gasteiger partial charge in [0.05, 0.1) is 13.3 Å². The first-order valence-electron chi connectivity index (χ1n) is 5.89. The van der Waals surface area contributed by atoms with Crippen molar-refractivity contribution in [2.24, 2.45) is 0 Å². The molecule has 1 aliphatic rings. The van der Waals surface area contributed by atoms with Gasteiger partial charge in [0.2, 0.25) is 5.91 Å². The van der Waals surface area contributed by atoms with E-state index in [2.05, 4.69) is 15.5 Å². The van der Waals surface area contributed by atoms with Crippen LogP contribution in [0.1, 0.15) is 23.5 Å². The highest BCUT2D eigenvalue weighted by atomic mass is 16.5. The maximum absolute atomic E-state index is 11.7. The number of amides is 1. The lowest BCUT2D eigenvalue weighted by molar-refractivity contribution is -0.116. The van der Waals surface area contributed by atoms with Gasteiger partial charge in [-0.2, -0.15) is 5.10 Å². The summed E-state index contributed by atoms with van der Waals surface area (Å²) in [6.45, 7) is 0. The third kappa shape index (κ3) is 1.91. The van der Waals surface area contributed by atoms with Crippen molar-refractivity contribution >= 4 is 11.7 Å². The molecule has 1 atom stereocenters. The van der Waals surface area contributed by atoms with Crippen LogP contribution in [0.3, 0.4) is 0 Å². The average molecular weight is 259 g/mol. The zero-order chi connectivity index (χ0) is 13.4. The van der Waals surface area contributed by atoms with Gasteiger partial charge in [0.1, 0.15) is 5.82 Å². The number of benzene rings is 1. The summed E-state index contributed by atoms with van der Waals surface area (Å²) in [5, 5.41) is 19.1. The Kier molecular flexibility index (Phi) is 2.63. The Balaban J connectivity index is 2.06. The van der Waals surface area contributed by atoms with E-state index in [4.69, 9.17) is 4.74 Å². The predicted octanol–water partition coefficient (Wildman–Crippen LogP) is 1.60. The molecule has 6 nitrogen and oxygen atoms in total. The van der Waals surface area contributed by atoms with Gasteiger partial charge in [0.15, 0.2) is 11.5 Å². The Morgan fingerprint density at radius 3 is 3.11 bits per heavy atom. The largest absolute Gasteiger partial charge is 0.504 e. The molecule has 98 valence electrons. The van der Waals surface area contributed by atoms with Gasteiger partial charge in [0, 0.05) is 17.9 Å². The van der Waals surface area contributed by atoms with Crippen LogP contribution < -0.4 is 10.1 Å². The molecule has 3 N–H and O–H groups in total. The van der Waals surface area contributed by atoms with Crippen molar-refractivity contribution in [1.82, 2.24) is 10.2 Å². The number of H-pyrrole nitrogens is 1. The molecule has 2 aromatic rings. The van der Waals surface area contributed by atoms with Crippen LogP contribution in [0.4, 0.5) is 5.82 Å². The van der Waals surface area contributed by atoms with Gasteiger partial charge in [-0.3, -0.25) is 9.89 Å². The maximum Gasteiger partial charge on any atom is 0.226 e. The molecule has 0 bridgehead atoms. The molecular weight excluding hydrogens is 246 g/mol. The van der Waals surface area contributed by atoms with E-state index >= 15 is 0 Å². The molecule has 0 radical (unpaired) electrons. The number of aromatic hydroxyl groups is 1. The highest BCUT2D eigenvalue weighted by Gasteiger charge is 2.28. The van der Waals surface area contributed by atoms with E-state index in [1.54, 1.807) is 24.4 Å². The molecule has 19 heavy (non-hydrogen) atoms. The number of nitrogens with zero attached hydrogens (tertiary/aromatic N) is 1. The van der Waals surface area contributed by atoms with Crippen LogP contribution in [0.5, 0.6) is 11.5 Å².